The minimum absolute atomic E-state index is 0.0502. The van der Waals surface area contributed by atoms with Crippen LogP contribution in [0.4, 0.5) is 5.69 Å². The summed E-state index contributed by atoms with van der Waals surface area (Å²) < 4.78 is 5.32. The van der Waals surface area contributed by atoms with Gasteiger partial charge in [-0.1, -0.05) is 30.3 Å². The average molecular weight is 421 g/mol. The first-order chi connectivity index (χ1) is 14.5. The smallest absolute Gasteiger partial charge is 0.337 e. The van der Waals surface area contributed by atoms with Crippen LogP contribution in [0.25, 0.3) is 5.70 Å². The van der Waals surface area contributed by atoms with Crippen molar-refractivity contribution in [3.63, 3.8) is 0 Å². The third-order valence-electron chi connectivity index (χ3n) is 4.65. The van der Waals surface area contributed by atoms with Crippen molar-refractivity contribution in [3.05, 3.63) is 92.0 Å². The Morgan fingerprint density at radius 1 is 1.23 bits per heavy atom. The predicted octanol–water partition coefficient (Wildman–Crippen LogP) is 4.35. The summed E-state index contributed by atoms with van der Waals surface area (Å²) in [5.74, 6) is -1.16. The topological polar surface area (TPSA) is 105 Å². The van der Waals surface area contributed by atoms with Crippen LogP contribution < -0.4 is 5.32 Å². The quantitative estimate of drug-likeness (QED) is 0.420. The van der Waals surface area contributed by atoms with E-state index in [1.165, 1.54) is 23.9 Å². The minimum atomic E-state index is -0.621. The van der Waals surface area contributed by atoms with Gasteiger partial charge < -0.3 is 10.1 Å². The second-order valence-electron chi connectivity index (χ2n) is 6.34. The number of benzene rings is 2. The third-order valence-corrected chi connectivity index (χ3v) is 5.38. The van der Waals surface area contributed by atoms with Crippen LogP contribution >= 0.6 is 11.8 Å². The summed E-state index contributed by atoms with van der Waals surface area (Å²) in [5.41, 5.74) is 2.51. The summed E-state index contributed by atoms with van der Waals surface area (Å²) in [6.45, 7) is 1.89. The second kappa shape index (κ2) is 9.29. The number of nitriles is 1. The Hall–Kier alpha value is -3.57. The summed E-state index contributed by atoms with van der Waals surface area (Å²) >= 11 is 1.36. The highest BCUT2D eigenvalue weighted by atomic mass is 32.2. The van der Waals surface area contributed by atoms with Gasteiger partial charge in [0.15, 0.2) is 0 Å². The van der Waals surface area contributed by atoms with Crippen LogP contribution in [-0.4, -0.2) is 23.8 Å². The van der Waals surface area contributed by atoms with Gasteiger partial charge in [-0.3, -0.25) is 10.1 Å². The van der Waals surface area contributed by atoms with Crippen LogP contribution in [0.1, 0.15) is 24.0 Å². The number of rotatable bonds is 6. The molecule has 0 aromatic heterocycles. The molecule has 152 valence electrons. The zero-order chi connectivity index (χ0) is 21.7. The van der Waals surface area contributed by atoms with Gasteiger partial charge in [-0.25, -0.2) is 4.79 Å². The zero-order valence-corrected chi connectivity index (χ0v) is 17.2. The van der Waals surface area contributed by atoms with Gasteiger partial charge in [-0.05, 0) is 36.4 Å². The number of ether oxygens (including phenoxy) is 1. The van der Waals surface area contributed by atoms with E-state index in [2.05, 4.69) is 11.4 Å². The lowest BCUT2D eigenvalue weighted by molar-refractivity contribution is -0.384. The van der Waals surface area contributed by atoms with Gasteiger partial charge in [0.25, 0.3) is 5.69 Å². The van der Waals surface area contributed by atoms with Crippen LogP contribution in [0.2, 0.25) is 0 Å². The van der Waals surface area contributed by atoms with E-state index in [1.54, 1.807) is 19.1 Å². The highest BCUT2D eigenvalue weighted by molar-refractivity contribution is 8.02. The largest absolute Gasteiger partial charge is 0.463 e. The van der Waals surface area contributed by atoms with Gasteiger partial charge in [0.05, 0.1) is 45.4 Å². The highest BCUT2D eigenvalue weighted by Crippen LogP contribution is 2.43. The van der Waals surface area contributed by atoms with Crippen molar-refractivity contribution in [3.8, 4) is 6.07 Å². The fourth-order valence-corrected chi connectivity index (χ4v) is 3.92. The van der Waals surface area contributed by atoms with Crippen molar-refractivity contribution >= 4 is 29.1 Å². The van der Waals surface area contributed by atoms with Crippen LogP contribution in [0.15, 0.2) is 70.8 Å². The molecule has 0 saturated carbocycles. The SMILES string of the molecule is CCOC(=O)C1=C(c2ccc([N+](=O)[O-])cc2)NC(SC)=C(C#N)C1c1ccccc1. The van der Waals surface area contributed by atoms with Gasteiger partial charge in [0.2, 0.25) is 0 Å². The molecule has 7 nitrogen and oxygen atoms in total. The molecule has 0 aliphatic carbocycles. The first kappa shape index (κ1) is 21.1. The molecule has 0 spiro atoms. The molecular weight excluding hydrogens is 402 g/mol. The number of nitrogens with one attached hydrogen (secondary N) is 1. The maximum Gasteiger partial charge on any atom is 0.337 e. The van der Waals surface area contributed by atoms with E-state index in [4.69, 9.17) is 4.74 Å². The Kier molecular flexibility index (Phi) is 6.54. The molecule has 1 unspecified atom stereocenters. The number of esters is 1. The molecule has 0 saturated heterocycles. The predicted molar refractivity (Wildman–Crippen MR) is 115 cm³/mol. The lowest BCUT2D eigenvalue weighted by Crippen LogP contribution is -2.29. The summed E-state index contributed by atoms with van der Waals surface area (Å²) in [5, 5.41) is 24.7. The van der Waals surface area contributed by atoms with E-state index < -0.39 is 16.8 Å². The van der Waals surface area contributed by atoms with Crippen molar-refractivity contribution in [2.75, 3.05) is 12.9 Å². The number of nitro benzene ring substituents is 1. The normalized spacial score (nSPS) is 16.0. The molecule has 1 heterocycles. The number of carbonyl (C=O) groups is 1. The molecule has 0 bridgehead atoms. The van der Waals surface area contributed by atoms with Crippen molar-refractivity contribution in [2.45, 2.75) is 12.8 Å². The zero-order valence-electron chi connectivity index (χ0n) is 16.4. The van der Waals surface area contributed by atoms with E-state index in [0.29, 0.717) is 27.4 Å². The molecule has 8 heteroatoms. The number of carbonyl (C=O) groups excluding carboxylic acids is 1. The number of nitrogens with zero attached hydrogens (tertiary/aromatic N) is 2. The summed E-state index contributed by atoms with van der Waals surface area (Å²) in [4.78, 5) is 23.6. The number of thioether (sulfide) groups is 1. The van der Waals surface area contributed by atoms with E-state index in [1.807, 2.05) is 36.6 Å². The summed E-state index contributed by atoms with van der Waals surface area (Å²) in [6, 6.07) is 17.4. The van der Waals surface area contributed by atoms with Crippen molar-refractivity contribution < 1.29 is 14.5 Å². The molecular formula is C22H19N3O4S. The van der Waals surface area contributed by atoms with Crippen LogP contribution in [0.3, 0.4) is 0 Å². The molecule has 1 aliphatic rings. The second-order valence-corrected chi connectivity index (χ2v) is 7.16. The highest BCUT2D eigenvalue weighted by Gasteiger charge is 2.36. The Balaban J connectivity index is 2.27. The van der Waals surface area contributed by atoms with Gasteiger partial charge in [-0.15, -0.1) is 11.8 Å². The van der Waals surface area contributed by atoms with Gasteiger partial charge in [0.1, 0.15) is 0 Å². The van der Waals surface area contributed by atoms with Crippen molar-refractivity contribution in [2.24, 2.45) is 0 Å². The van der Waals surface area contributed by atoms with E-state index in [9.17, 15) is 20.2 Å². The average Bonchev–Trinajstić information content (AvgIpc) is 2.78. The monoisotopic (exact) mass is 421 g/mol. The van der Waals surface area contributed by atoms with Crippen molar-refractivity contribution in [1.29, 1.82) is 5.26 Å². The summed E-state index contributed by atoms with van der Waals surface area (Å²) in [7, 11) is 0. The number of nitro groups is 1. The van der Waals surface area contributed by atoms with Crippen molar-refractivity contribution in [1.82, 2.24) is 5.32 Å². The van der Waals surface area contributed by atoms with Gasteiger partial charge in [-0.2, -0.15) is 5.26 Å². The number of hydrogen-bond acceptors (Lipinski definition) is 7. The molecule has 0 radical (unpaired) electrons. The Bertz CT molecular complexity index is 1070. The molecule has 2 aromatic rings. The lowest BCUT2D eigenvalue weighted by atomic mass is 9.81. The Labute approximate surface area is 178 Å². The van der Waals surface area contributed by atoms with Crippen LogP contribution in [0.5, 0.6) is 0 Å². The minimum Gasteiger partial charge on any atom is -0.463 e. The van der Waals surface area contributed by atoms with E-state index in [0.717, 1.165) is 5.56 Å². The molecule has 1 aliphatic heterocycles. The first-order valence-electron chi connectivity index (χ1n) is 9.18. The molecule has 1 atom stereocenters. The standard InChI is InChI=1S/C22H19N3O4S/c1-3-29-22(26)19-18(14-7-5-4-6-8-14)17(13-23)21(30-2)24-20(19)15-9-11-16(12-10-15)25(27)28/h4-12,18,24H,3H2,1-2H3. The fraction of sp³-hybridized carbons (Fsp3) is 0.182. The maximum atomic E-state index is 13.0. The molecule has 2 aromatic carbocycles. The van der Waals surface area contributed by atoms with E-state index >= 15 is 0 Å². The van der Waals surface area contributed by atoms with Crippen LogP contribution in [-0.2, 0) is 9.53 Å². The fourth-order valence-electron chi connectivity index (χ4n) is 3.33. The lowest BCUT2D eigenvalue weighted by Gasteiger charge is -2.30. The molecule has 1 N–H and O–H groups in total. The first-order valence-corrected chi connectivity index (χ1v) is 10.4. The number of non-ortho nitro benzene ring substituents is 1. The number of allylic oxidation sites excluding steroid dienone is 1. The van der Waals surface area contributed by atoms with Crippen LogP contribution in [0, 0.1) is 21.4 Å². The summed E-state index contributed by atoms with van der Waals surface area (Å²) in [6.07, 6.45) is 1.84. The third kappa shape index (κ3) is 4.07. The Morgan fingerprint density at radius 2 is 1.90 bits per heavy atom. The number of hydrogen-bond donors (Lipinski definition) is 1. The van der Waals surface area contributed by atoms with Gasteiger partial charge in [0, 0.05) is 12.1 Å². The molecule has 3 rings (SSSR count). The molecule has 30 heavy (non-hydrogen) atoms. The van der Waals surface area contributed by atoms with Gasteiger partial charge >= 0.3 is 5.97 Å². The Morgan fingerprint density at radius 3 is 2.43 bits per heavy atom. The van der Waals surface area contributed by atoms with E-state index in [-0.39, 0.29) is 12.3 Å². The maximum absolute atomic E-state index is 13.0. The number of dihydropyridines is 1. The molecule has 0 fully saturated rings. The molecule has 0 amide bonds.